The Morgan fingerprint density at radius 3 is 2.47 bits per heavy atom. The van der Waals surface area contributed by atoms with Crippen molar-refractivity contribution in [2.24, 2.45) is 5.41 Å². The fraction of sp³-hybridized carbons (Fsp3) is 0.333. The van der Waals surface area contributed by atoms with Crippen LogP contribution in [0.1, 0.15) is 26.3 Å². The topological polar surface area (TPSA) is 63.6 Å². The van der Waals surface area contributed by atoms with Crippen molar-refractivity contribution >= 4 is 17.8 Å². The van der Waals surface area contributed by atoms with Gasteiger partial charge in [-0.25, -0.2) is 4.79 Å². The van der Waals surface area contributed by atoms with Gasteiger partial charge in [0.1, 0.15) is 5.75 Å². The molecule has 1 aromatic rings. The van der Waals surface area contributed by atoms with Gasteiger partial charge in [0.15, 0.2) is 12.4 Å². The summed E-state index contributed by atoms with van der Waals surface area (Å²) < 4.78 is 5.15. The highest BCUT2D eigenvalue weighted by atomic mass is 16.5. The number of carboxylic acid groups (broad SMARTS) is 1. The van der Waals surface area contributed by atoms with Gasteiger partial charge >= 0.3 is 5.97 Å². The van der Waals surface area contributed by atoms with E-state index in [2.05, 4.69) is 0 Å². The molecule has 0 spiro atoms. The molecule has 0 saturated carbocycles. The largest absolute Gasteiger partial charge is 0.481 e. The zero-order valence-electron chi connectivity index (χ0n) is 11.3. The summed E-state index contributed by atoms with van der Waals surface area (Å²) in [7, 11) is 0. The fourth-order valence-corrected chi connectivity index (χ4v) is 1.30. The first kappa shape index (κ1) is 15.0. The standard InChI is InChI=1S/C15H18O4/c1-15(2,3)13(16)9-8-11-6-4-5-7-12(11)19-10-14(17)18/h4-9H,10H2,1-3H3,(H,17,18)/b9-8+. The van der Waals surface area contributed by atoms with E-state index in [9.17, 15) is 9.59 Å². The minimum absolute atomic E-state index is 0.000498. The van der Waals surface area contributed by atoms with Gasteiger partial charge in [-0.1, -0.05) is 39.0 Å². The summed E-state index contributed by atoms with van der Waals surface area (Å²) in [5, 5.41) is 8.59. The first-order chi connectivity index (χ1) is 8.80. The Kier molecular flexibility index (Phi) is 4.87. The molecule has 4 nitrogen and oxygen atoms in total. The number of aliphatic carboxylic acids is 1. The number of ether oxygens (including phenoxy) is 1. The number of carbonyl (C=O) groups is 2. The van der Waals surface area contributed by atoms with Crippen LogP contribution in [-0.4, -0.2) is 23.5 Å². The van der Waals surface area contributed by atoms with Gasteiger partial charge in [0, 0.05) is 11.0 Å². The van der Waals surface area contributed by atoms with Crippen molar-refractivity contribution in [3.05, 3.63) is 35.9 Å². The van der Waals surface area contributed by atoms with Gasteiger partial charge in [-0.3, -0.25) is 4.79 Å². The molecule has 0 atom stereocenters. The Morgan fingerprint density at radius 2 is 1.89 bits per heavy atom. The first-order valence-electron chi connectivity index (χ1n) is 5.97. The molecule has 0 fully saturated rings. The van der Waals surface area contributed by atoms with E-state index in [1.807, 2.05) is 20.8 Å². The number of benzene rings is 1. The van der Waals surface area contributed by atoms with Crippen LogP contribution >= 0.6 is 0 Å². The highest BCUT2D eigenvalue weighted by molar-refractivity contribution is 5.97. The summed E-state index contributed by atoms with van der Waals surface area (Å²) in [6, 6.07) is 6.99. The van der Waals surface area contributed by atoms with Crippen molar-refractivity contribution in [2.45, 2.75) is 20.8 Å². The summed E-state index contributed by atoms with van der Waals surface area (Å²) in [4.78, 5) is 22.3. The molecule has 4 heteroatoms. The van der Waals surface area contributed by atoms with Crippen LogP contribution in [0.5, 0.6) is 5.75 Å². The fourth-order valence-electron chi connectivity index (χ4n) is 1.30. The number of para-hydroxylation sites is 1. The van der Waals surface area contributed by atoms with Gasteiger partial charge < -0.3 is 9.84 Å². The Bertz CT molecular complexity index is 495. The number of rotatable bonds is 5. The highest BCUT2D eigenvalue weighted by Crippen LogP contribution is 2.21. The van der Waals surface area contributed by atoms with Crippen molar-refractivity contribution in [1.29, 1.82) is 0 Å². The number of allylic oxidation sites excluding steroid dienone is 1. The summed E-state index contributed by atoms with van der Waals surface area (Å²) in [5.41, 5.74) is 0.245. The van der Waals surface area contributed by atoms with E-state index in [0.717, 1.165) is 0 Å². The average molecular weight is 262 g/mol. The van der Waals surface area contributed by atoms with Crippen LogP contribution in [0.4, 0.5) is 0 Å². The molecule has 0 bridgehead atoms. The second-order valence-corrected chi connectivity index (χ2v) is 5.17. The Hall–Kier alpha value is -2.10. The summed E-state index contributed by atoms with van der Waals surface area (Å²) in [6.07, 6.45) is 3.13. The van der Waals surface area contributed by atoms with Gasteiger partial charge in [-0.15, -0.1) is 0 Å². The predicted molar refractivity (Wildman–Crippen MR) is 73.1 cm³/mol. The number of carboxylic acids is 1. The molecule has 0 aliphatic carbocycles. The van der Waals surface area contributed by atoms with E-state index < -0.39 is 18.0 Å². The Balaban J connectivity index is 2.86. The number of carbonyl (C=O) groups excluding carboxylic acids is 1. The maximum absolute atomic E-state index is 11.8. The van der Waals surface area contributed by atoms with Crippen LogP contribution in [0, 0.1) is 5.41 Å². The second kappa shape index (κ2) is 6.18. The minimum atomic E-state index is -1.04. The van der Waals surface area contributed by atoms with Gasteiger partial charge in [-0.05, 0) is 18.2 Å². The predicted octanol–water partition coefficient (Wildman–Crippen LogP) is 2.78. The normalized spacial score (nSPS) is 11.5. The van der Waals surface area contributed by atoms with Crippen LogP contribution in [0.25, 0.3) is 6.08 Å². The zero-order valence-corrected chi connectivity index (χ0v) is 11.3. The minimum Gasteiger partial charge on any atom is -0.481 e. The van der Waals surface area contributed by atoms with E-state index in [1.165, 1.54) is 6.08 Å². The molecule has 1 N–H and O–H groups in total. The maximum Gasteiger partial charge on any atom is 0.341 e. The van der Waals surface area contributed by atoms with Crippen molar-refractivity contribution in [3.63, 3.8) is 0 Å². The average Bonchev–Trinajstić information content (AvgIpc) is 2.33. The smallest absolute Gasteiger partial charge is 0.341 e. The molecule has 0 heterocycles. The molecule has 0 unspecified atom stereocenters. The van der Waals surface area contributed by atoms with E-state index in [1.54, 1.807) is 30.3 Å². The lowest BCUT2D eigenvalue weighted by atomic mass is 9.90. The summed E-state index contributed by atoms with van der Waals surface area (Å²) >= 11 is 0. The zero-order chi connectivity index (χ0) is 14.5. The van der Waals surface area contributed by atoms with Crippen molar-refractivity contribution in [3.8, 4) is 5.75 Å². The van der Waals surface area contributed by atoms with Crippen LogP contribution in [0.2, 0.25) is 0 Å². The lowest BCUT2D eigenvalue weighted by Gasteiger charge is -2.13. The number of hydrogen-bond donors (Lipinski definition) is 1. The lowest BCUT2D eigenvalue weighted by Crippen LogP contribution is -2.17. The molecule has 0 aromatic heterocycles. The third-order valence-electron chi connectivity index (χ3n) is 2.42. The Labute approximate surface area is 112 Å². The van der Waals surface area contributed by atoms with E-state index in [-0.39, 0.29) is 5.78 Å². The molecule has 0 saturated heterocycles. The summed E-state index contributed by atoms with van der Waals surface area (Å²) in [6.45, 7) is 5.11. The monoisotopic (exact) mass is 262 g/mol. The van der Waals surface area contributed by atoms with Gasteiger partial charge in [0.2, 0.25) is 0 Å². The summed E-state index contributed by atoms with van der Waals surface area (Å²) in [5.74, 6) is -0.590. The van der Waals surface area contributed by atoms with Crippen LogP contribution in [0.3, 0.4) is 0 Å². The molecule has 1 aromatic carbocycles. The van der Waals surface area contributed by atoms with E-state index >= 15 is 0 Å². The Morgan fingerprint density at radius 1 is 1.26 bits per heavy atom. The number of hydrogen-bond acceptors (Lipinski definition) is 3. The lowest BCUT2D eigenvalue weighted by molar-refractivity contribution is -0.139. The first-order valence-corrected chi connectivity index (χ1v) is 5.97. The van der Waals surface area contributed by atoms with Crippen LogP contribution in [0.15, 0.2) is 30.3 Å². The maximum atomic E-state index is 11.8. The van der Waals surface area contributed by atoms with Crippen molar-refractivity contribution < 1.29 is 19.4 Å². The third-order valence-corrected chi connectivity index (χ3v) is 2.42. The van der Waals surface area contributed by atoms with Gasteiger partial charge in [0.05, 0.1) is 0 Å². The third kappa shape index (κ3) is 4.95. The molecule has 0 radical (unpaired) electrons. The molecule has 19 heavy (non-hydrogen) atoms. The van der Waals surface area contributed by atoms with E-state index in [4.69, 9.17) is 9.84 Å². The van der Waals surface area contributed by atoms with Gasteiger partial charge in [0.25, 0.3) is 0 Å². The second-order valence-electron chi connectivity index (χ2n) is 5.17. The highest BCUT2D eigenvalue weighted by Gasteiger charge is 2.18. The van der Waals surface area contributed by atoms with Crippen molar-refractivity contribution in [1.82, 2.24) is 0 Å². The van der Waals surface area contributed by atoms with Crippen molar-refractivity contribution in [2.75, 3.05) is 6.61 Å². The molecule has 0 amide bonds. The molecule has 102 valence electrons. The quantitative estimate of drug-likeness (QED) is 0.829. The van der Waals surface area contributed by atoms with Crippen LogP contribution < -0.4 is 4.74 Å². The SMILES string of the molecule is CC(C)(C)C(=O)/C=C/c1ccccc1OCC(=O)O. The molecular weight excluding hydrogens is 244 g/mol. The van der Waals surface area contributed by atoms with E-state index in [0.29, 0.717) is 11.3 Å². The van der Waals surface area contributed by atoms with Gasteiger partial charge in [-0.2, -0.15) is 0 Å². The molecule has 0 aliphatic heterocycles. The van der Waals surface area contributed by atoms with Crippen LogP contribution in [-0.2, 0) is 9.59 Å². The molecule has 0 aliphatic rings. The molecular formula is C15H18O4. The number of ketones is 1. The molecule has 1 rings (SSSR count).